The predicted molar refractivity (Wildman–Crippen MR) is 56.6 cm³/mol. The highest BCUT2D eigenvalue weighted by atomic mass is 16.5. The SMILES string of the molecule is C=Cc1cc(OC)c2nc(C)cn2c1. The normalized spacial score (nSPS) is 10.4. The average molecular weight is 188 g/mol. The smallest absolute Gasteiger partial charge is 0.179 e. The van der Waals surface area contributed by atoms with Gasteiger partial charge in [-0.3, -0.25) is 0 Å². The zero-order valence-corrected chi connectivity index (χ0v) is 8.32. The molecule has 2 rings (SSSR count). The summed E-state index contributed by atoms with van der Waals surface area (Å²) in [6.45, 7) is 5.69. The van der Waals surface area contributed by atoms with E-state index in [9.17, 15) is 0 Å². The average Bonchev–Trinajstić information content (AvgIpc) is 2.56. The first-order valence-corrected chi connectivity index (χ1v) is 4.40. The lowest BCUT2D eigenvalue weighted by molar-refractivity contribution is 0.417. The van der Waals surface area contributed by atoms with Gasteiger partial charge in [-0.05, 0) is 18.6 Å². The molecule has 0 aliphatic carbocycles. The lowest BCUT2D eigenvalue weighted by Gasteiger charge is -2.03. The second-order valence-corrected chi connectivity index (χ2v) is 3.16. The number of ether oxygens (including phenoxy) is 1. The number of aryl methyl sites for hydroxylation is 1. The van der Waals surface area contributed by atoms with Gasteiger partial charge in [0.25, 0.3) is 0 Å². The van der Waals surface area contributed by atoms with Crippen LogP contribution in [0.1, 0.15) is 11.3 Å². The molecule has 0 atom stereocenters. The second-order valence-electron chi connectivity index (χ2n) is 3.16. The third kappa shape index (κ3) is 1.27. The monoisotopic (exact) mass is 188 g/mol. The van der Waals surface area contributed by atoms with Crippen LogP contribution in [0.5, 0.6) is 5.75 Å². The lowest BCUT2D eigenvalue weighted by Crippen LogP contribution is -1.91. The fourth-order valence-corrected chi connectivity index (χ4v) is 1.47. The van der Waals surface area contributed by atoms with Crippen LogP contribution in [0, 0.1) is 6.92 Å². The predicted octanol–water partition coefficient (Wildman–Crippen LogP) is 2.29. The van der Waals surface area contributed by atoms with Crippen LogP contribution in [0.3, 0.4) is 0 Å². The Hall–Kier alpha value is -1.77. The van der Waals surface area contributed by atoms with Gasteiger partial charge < -0.3 is 9.14 Å². The number of methoxy groups -OCH3 is 1. The largest absolute Gasteiger partial charge is 0.493 e. The maximum absolute atomic E-state index is 5.25. The van der Waals surface area contributed by atoms with Gasteiger partial charge in [-0.2, -0.15) is 0 Å². The van der Waals surface area contributed by atoms with Crippen molar-refractivity contribution in [1.29, 1.82) is 0 Å². The molecule has 0 unspecified atom stereocenters. The number of nitrogens with zero attached hydrogens (tertiary/aromatic N) is 2. The second kappa shape index (κ2) is 3.18. The summed E-state index contributed by atoms with van der Waals surface area (Å²) in [5, 5.41) is 0. The van der Waals surface area contributed by atoms with Crippen molar-refractivity contribution in [2.45, 2.75) is 6.92 Å². The molecule has 0 spiro atoms. The molecule has 2 aromatic heterocycles. The Kier molecular flexibility index (Phi) is 2.00. The van der Waals surface area contributed by atoms with Crippen LogP contribution in [-0.4, -0.2) is 16.5 Å². The summed E-state index contributed by atoms with van der Waals surface area (Å²) in [6, 6.07) is 1.93. The van der Waals surface area contributed by atoms with E-state index < -0.39 is 0 Å². The number of fused-ring (bicyclic) bond motifs is 1. The molecule has 14 heavy (non-hydrogen) atoms. The zero-order chi connectivity index (χ0) is 10.1. The first kappa shape index (κ1) is 8.81. The molecule has 0 aromatic carbocycles. The van der Waals surface area contributed by atoms with E-state index in [0.29, 0.717) is 0 Å². The van der Waals surface area contributed by atoms with Crippen molar-refractivity contribution in [3.05, 3.63) is 36.3 Å². The molecule has 0 saturated carbocycles. The molecule has 2 aromatic rings. The Bertz CT molecular complexity index is 485. The Morgan fingerprint density at radius 1 is 1.50 bits per heavy atom. The van der Waals surface area contributed by atoms with E-state index in [4.69, 9.17) is 4.74 Å². The molecule has 0 radical (unpaired) electrons. The Morgan fingerprint density at radius 2 is 2.29 bits per heavy atom. The van der Waals surface area contributed by atoms with Crippen LogP contribution in [0.4, 0.5) is 0 Å². The summed E-state index contributed by atoms with van der Waals surface area (Å²) in [5.74, 6) is 0.774. The molecule has 0 amide bonds. The van der Waals surface area contributed by atoms with Crippen LogP contribution in [0.25, 0.3) is 11.7 Å². The summed E-state index contributed by atoms with van der Waals surface area (Å²) >= 11 is 0. The van der Waals surface area contributed by atoms with Gasteiger partial charge in [-0.15, -0.1) is 0 Å². The van der Waals surface area contributed by atoms with Gasteiger partial charge in [-0.1, -0.05) is 12.7 Å². The van der Waals surface area contributed by atoms with Gasteiger partial charge in [0.1, 0.15) is 0 Å². The maximum Gasteiger partial charge on any atom is 0.179 e. The molecule has 0 fully saturated rings. The number of pyridine rings is 1. The lowest BCUT2D eigenvalue weighted by atomic mass is 10.2. The molecule has 72 valence electrons. The van der Waals surface area contributed by atoms with Gasteiger partial charge in [0.2, 0.25) is 0 Å². The van der Waals surface area contributed by atoms with E-state index in [1.807, 2.05) is 29.8 Å². The summed E-state index contributed by atoms with van der Waals surface area (Å²) in [5.41, 5.74) is 2.84. The fourth-order valence-electron chi connectivity index (χ4n) is 1.47. The van der Waals surface area contributed by atoms with Crippen LogP contribution < -0.4 is 4.74 Å². The number of hydrogen-bond acceptors (Lipinski definition) is 2. The van der Waals surface area contributed by atoms with Crippen molar-refractivity contribution in [3.63, 3.8) is 0 Å². The minimum absolute atomic E-state index is 0.774. The van der Waals surface area contributed by atoms with Crippen LogP contribution >= 0.6 is 0 Å². The van der Waals surface area contributed by atoms with Crippen molar-refractivity contribution in [3.8, 4) is 5.75 Å². The van der Waals surface area contributed by atoms with Crippen molar-refractivity contribution in [1.82, 2.24) is 9.38 Å². The van der Waals surface area contributed by atoms with Crippen LogP contribution in [0.2, 0.25) is 0 Å². The van der Waals surface area contributed by atoms with E-state index in [1.165, 1.54) is 0 Å². The quantitative estimate of drug-likeness (QED) is 0.722. The van der Waals surface area contributed by atoms with E-state index in [-0.39, 0.29) is 0 Å². The minimum Gasteiger partial charge on any atom is -0.493 e. The first-order valence-electron chi connectivity index (χ1n) is 4.40. The first-order chi connectivity index (χ1) is 6.74. The van der Waals surface area contributed by atoms with Crippen molar-refractivity contribution in [2.75, 3.05) is 7.11 Å². The number of imidazole rings is 1. The molecule has 0 N–H and O–H groups in total. The van der Waals surface area contributed by atoms with E-state index >= 15 is 0 Å². The van der Waals surface area contributed by atoms with Gasteiger partial charge in [-0.25, -0.2) is 4.98 Å². The zero-order valence-electron chi connectivity index (χ0n) is 8.32. The van der Waals surface area contributed by atoms with Gasteiger partial charge >= 0.3 is 0 Å². The Balaban J connectivity index is 2.78. The third-order valence-corrected chi connectivity index (χ3v) is 2.11. The van der Waals surface area contributed by atoms with Gasteiger partial charge in [0.15, 0.2) is 11.4 Å². The Labute approximate surface area is 82.7 Å². The molecule has 3 heteroatoms. The molecular weight excluding hydrogens is 176 g/mol. The Morgan fingerprint density at radius 3 is 2.93 bits per heavy atom. The van der Waals surface area contributed by atoms with E-state index in [1.54, 1.807) is 13.2 Å². The maximum atomic E-state index is 5.25. The van der Waals surface area contributed by atoms with E-state index in [0.717, 1.165) is 22.7 Å². The van der Waals surface area contributed by atoms with Crippen molar-refractivity contribution >= 4 is 11.7 Å². The standard InChI is InChI=1S/C11H12N2O/c1-4-9-5-10(14-3)11-12-8(2)6-13(11)7-9/h4-7H,1H2,2-3H3. The summed E-state index contributed by atoms with van der Waals surface area (Å²) in [6.07, 6.45) is 5.73. The summed E-state index contributed by atoms with van der Waals surface area (Å²) in [4.78, 5) is 4.36. The number of hydrogen-bond donors (Lipinski definition) is 0. The molecule has 0 aliphatic rings. The van der Waals surface area contributed by atoms with Crippen LogP contribution in [-0.2, 0) is 0 Å². The van der Waals surface area contributed by atoms with Crippen molar-refractivity contribution < 1.29 is 4.74 Å². The molecule has 0 saturated heterocycles. The molecular formula is C11H12N2O. The molecule has 2 heterocycles. The summed E-state index contributed by atoms with van der Waals surface area (Å²) < 4.78 is 7.20. The van der Waals surface area contributed by atoms with Crippen molar-refractivity contribution in [2.24, 2.45) is 0 Å². The molecule has 3 nitrogen and oxygen atoms in total. The highest BCUT2D eigenvalue weighted by Gasteiger charge is 2.05. The molecule has 0 aliphatic heterocycles. The highest BCUT2D eigenvalue weighted by Crippen LogP contribution is 2.21. The third-order valence-electron chi connectivity index (χ3n) is 2.11. The highest BCUT2D eigenvalue weighted by molar-refractivity contribution is 5.60. The number of aromatic nitrogens is 2. The van der Waals surface area contributed by atoms with Crippen LogP contribution in [0.15, 0.2) is 25.0 Å². The molecule has 0 bridgehead atoms. The topological polar surface area (TPSA) is 26.5 Å². The minimum atomic E-state index is 0.774. The van der Waals surface area contributed by atoms with E-state index in [2.05, 4.69) is 11.6 Å². The van der Waals surface area contributed by atoms with Gasteiger partial charge in [0, 0.05) is 12.4 Å². The van der Waals surface area contributed by atoms with Gasteiger partial charge in [0.05, 0.1) is 12.8 Å². The summed E-state index contributed by atoms with van der Waals surface area (Å²) in [7, 11) is 1.65. The number of rotatable bonds is 2. The fraction of sp³-hybridized carbons (Fsp3) is 0.182.